The molecule has 0 aliphatic heterocycles. The number of nitrogens with two attached hydrogens (primary N) is 1. The summed E-state index contributed by atoms with van der Waals surface area (Å²) in [5.41, 5.74) is 5.79. The summed E-state index contributed by atoms with van der Waals surface area (Å²) in [5, 5.41) is 5.64. The zero-order valence-electron chi connectivity index (χ0n) is 11.5. The second kappa shape index (κ2) is 6.38. The molecule has 0 bridgehead atoms. The Balaban J connectivity index is 2.35. The Kier molecular flexibility index (Phi) is 4.58. The van der Waals surface area contributed by atoms with Gasteiger partial charge in [-0.15, -0.1) is 0 Å². The van der Waals surface area contributed by atoms with E-state index in [1.807, 2.05) is 30.5 Å². The Morgan fingerprint density at radius 2 is 2.21 bits per heavy atom. The molecule has 0 saturated heterocycles. The van der Waals surface area contributed by atoms with Crippen LogP contribution in [0.4, 0.5) is 5.82 Å². The molecule has 1 unspecified atom stereocenters. The molecule has 1 aromatic carbocycles. The zero-order chi connectivity index (χ0) is 13.7. The van der Waals surface area contributed by atoms with Gasteiger partial charge in [0.2, 0.25) is 0 Å². The molecule has 2 rings (SSSR count). The average Bonchev–Trinajstić information content (AvgIpc) is 2.46. The molecule has 0 aliphatic rings. The van der Waals surface area contributed by atoms with Crippen LogP contribution in [0.15, 0.2) is 30.5 Å². The number of nitrogens with one attached hydrogen (secondary N) is 1. The van der Waals surface area contributed by atoms with Crippen LogP contribution in [0.1, 0.15) is 19.8 Å². The number of ether oxygens (including phenoxy) is 1. The maximum atomic E-state index is 5.79. The molecule has 0 spiro atoms. The van der Waals surface area contributed by atoms with Crippen molar-refractivity contribution in [1.82, 2.24) is 4.98 Å². The number of nitrogens with zero attached hydrogens (tertiary/aromatic N) is 1. The third-order valence-corrected chi connectivity index (χ3v) is 3.24. The van der Waals surface area contributed by atoms with Gasteiger partial charge >= 0.3 is 0 Å². The van der Waals surface area contributed by atoms with Crippen LogP contribution in [0.2, 0.25) is 0 Å². The van der Waals surface area contributed by atoms with Gasteiger partial charge < -0.3 is 15.8 Å². The highest BCUT2D eigenvalue weighted by Crippen LogP contribution is 2.26. The monoisotopic (exact) mass is 259 g/mol. The molecular formula is C15H21N3O. The quantitative estimate of drug-likeness (QED) is 0.837. The molecule has 1 atom stereocenters. The van der Waals surface area contributed by atoms with E-state index in [0.29, 0.717) is 6.54 Å². The van der Waals surface area contributed by atoms with Crippen LogP contribution in [0.3, 0.4) is 0 Å². The van der Waals surface area contributed by atoms with Gasteiger partial charge in [-0.25, -0.2) is 4.98 Å². The van der Waals surface area contributed by atoms with E-state index in [-0.39, 0.29) is 6.04 Å². The number of hydrogen-bond donors (Lipinski definition) is 2. The van der Waals surface area contributed by atoms with Crippen LogP contribution in [0.25, 0.3) is 10.8 Å². The smallest absolute Gasteiger partial charge is 0.134 e. The van der Waals surface area contributed by atoms with Gasteiger partial charge in [0, 0.05) is 24.2 Å². The fourth-order valence-corrected chi connectivity index (χ4v) is 2.18. The summed E-state index contributed by atoms with van der Waals surface area (Å²) in [6.45, 7) is 2.76. The van der Waals surface area contributed by atoms with Crippen molar-refractivity contribution in [3.05, 3.63) is 30.5 Å². The number of hydrogen-bond acceptors (Lipinski definition) is 4. The van der Waals surface area contributed by atoms with Crippen LogP contribution in [0, 0.1) is 0 Å². The topological polar surface area (TPSA) is 60.2 Å². The molecule has 0 aliphatic carbocycles. The number of benzene rings is 1. The van der Waals surface area contributed by atoms with Crippen molar-refractivity contribution in [3.63, 3.8) is 0 Å². The average molecular weight is 259 g/mol. The first kappa shape index (κ1) is 13.6. The van der Waals surface area contributed by atoms with Gasteiger partial charge in [-0.2, -0.15) is 0 Å². The Labute approximate surface area is 114 Å². The lowest BCUT2D eigenvalue weighted by molar-refractivity contribution is 0.415. The van der Waals surface area contributed by atoms with E-state index in [9.17, 15) is 0 Å². The molecule has 0 saturated carbocycles. The second-order valence-electron chi connectivity index (χ2n) is 4.61. The summed E-state index contributed by atoms with van der Waals surface area (Å²) in [7, 11) is 1.67. The largest absolute Gasteiger partial charge is 0.497 e. The Morgan fingerprint density at radius 3 is 2.89 bits per heavy atom. The van der Waals surface area contributed by atoms with Crippen LogP contribution < -0.4 is 15.8 Å². The summed E-state index contributed by atoms with van der Waals surface area (Å²) in [6.07, 6.45) is 3.96. The van der Waals surface area contributed by atoms with Gasteiger partial charge in [0.25, 0.3) is 0 Å². The van der Waals surface area contributed by atoms with Gasteiger partial charge in [0.1, 0.15) is 11.6 Å². The van der Waals surface area contributed by atoms with Gasteiger partial charge in [0.05, 0.1) is 7.11 Å². The maximum absolute atomic E-state index is 5.79. The molecule has 0 fully saturated rings. The van der Waals surface area contributed by atoms with E-state index in [1.54, 1.807) is 7.11 Å². The van der Waals surface area contributed by atoms with Gasteiger partial charge in [-0.05, 0) is 30.0 Å². The van der Waals surface area contributed by atoms with E-state index < -0.39 is 0 Å². The predicted molar refractivity (Wildman–Crippen MR) is 79.7 cm³/mol. The summed E-state index contributed by atoms with van der Waals surface area (Å²) < 4.78 is 5.28. The number of anilines is 1. The molecule has 1 heterocycles. The lowest BCUT2D eigenvalue weighted by atomic mass is 10.1. The zero-order valence-corrected chi connectivity index (χ0v) is 11.5. The van der Waals surface area contributed by atoms with Crippen LogP contribution in [0.5, 0.6) is 5.75 Å². The highest BCUT2D eigenvalue weighted by Gasteiger charge is 2.09. The molecule has 0 radical (unpaired) electrons. The fraction of sp³-hybridized carbons (Fsp3) is 0.400. The number of fused-ring (bicyclic) bond motifs is 1. The molecule has 1 aromatic heterocycles. The Hall–Kier alpha value is -1.81. The lowest BCUT2D eigenvalue weighted by Gasteiger charge is -2.18. The summed E-state index contributed by atoms with van der Waals surface area (Å²) in [4.78, 5) is 4.43. The SMILES string of the molecule is CCCC(CN)Nc1nccc2ccc(OC)cc12. The predicted octanol–water partition coefficient (Wildman–Crippen LogP) is 2.78. The molecular weight excluding hydrogens is 238 g/mol. The first-order valence-electron chi connectivity index (χ1n) is 6.67. The molecule has 3 N–H and O–H groups in total. The van der Waals surface area contributed by atoms with E-state index in [0.717, 1.165) is 35.2 Å². The number of aromatic nitrogens is 1. The van der Waals surface area contributed by atoms with Gasteiger partial charge in [-0.1, -0.05) is 19.4 Å². The molecule has 4 heteroatoms. The minimum Gasteiger partial charge on any atom is -0.497 e. The fourth-order valence-electron chi connectivity index (χ4n) is 2.18. The summed E-state index contributed by atoms with van der Waals surface area (Å²) >= 11 is 0. The van der Waals surface area contributed by atoms with Crippen molar-refractivity contribution in [2.24, 2.45) is 5.73 Å². The number of rotatable bonds is 6. The van der Waals surface area contributed by atoms with Crippen molar-refractivity contribution in [2.45, 2.75) is 25.8 Å². The van der Waals surface area contributed by atoms with Gasteiger partial charge in [0.15, 0.2) is 0 Å². The van der Waals surface area contributed by atoms with Crippen molar-refractivity contribution in [3.8, 4) is 5.75 Å². The first-order chi connectivity index (χ1) is 9.28. The van der Waals surface area contributed by atoms with Crippen LogP contribution in [-0.4, -0.2) is 24.7 Å². The highest BCUT2D eigenvalue weighted by atomic mass is 16.5. The van der Waals surface area contributed by atoms with Crippen LogP contribution >= 0.6 is 0 Å². The third-order valence-electron chi connectivity index (χ3n) is 3.24. The first-order valence-corrected chi connectivity index (χ1v) is 6.67. The Morgan fingerprint density at radius 1 is 1.37 bits per heavy atom. The molecule has 19 heavy (non-hydrogen) atoms. The maximum Gasteiger partial charge on any atom is 0.134 e. The minimum absolute atomic E-state index is 0.259. The Bertz CT molecular complexity index is 542. The second-order valence-corrected chi connectivity index (χ2v) is 4.61. The van der Waals surface area contributed by atoms with Crippen molar-refractivity contribution in [2.75, 3.05) is 19.0 Å². The van der Waals surface area contributed by atoms with Gasteiger partial charge in [-0.3, -0.25) is 0 Å². The van der Waals surface area contributed by atoms with E-state index in [4.69, 9.17) is 10.5 Å². The van der Waals surface area contributed by atoms with E-state index in [2.05, 4.69) is 17.2 Å². The standard InChI is InChI=1S/C15H21N3O/c1-3-4-12(10-16)18-15-14-9-13(19-2)6-5-11(14)7-8-17-15/h5-9,12H,3-4,10,16H2,1-2H3,(H,17,18). The van der Waals surface area contributed by atoms with Crippen molar-refractivity contribution >= 4 is 16.6 Å². The third kappa shape index (κ3) is 3.15. The number of methoxy groups -OCH3 is 1. The van der Waals surface area contributed by atoms with E-state index >= 15 is 0 Å². The molecule has 0 amide bonds. The molecule has 4 nitrogen and oxygen atoms in total. The summed E-state index contributed by atoms with van der Waals surface area (Å²) in [5.74, 6) is 1.71. The minimum atomic E-state index is 0.259. The lowest BCUT2D eigenvalue weighted by Crippen LogP contribution is -2.29. The summed E-state index contributed by atoms with van der Waals surface area (Å²) in [6, 6.07) is 8.26. The highest BCUT2D eigenvalue weighted by molar-refractivity contribution is 5.92. The number of pyridine rings is 1. The molecule has 2 aromatic rings. The van der Waals surface area contributed by atoms with Crippen LogP contribution in [-0.2, 0) is 0 Å². The normalized spacial score (nSPS) is 12.4. The van der Waals surface area contributed by atoms with Crippen molar-refractivity contribution in [1.29, 1.82) is 0 Å². The molecule has 102 valence electrons. The van der Waals surface area contributed by atoms with Crippen molar-refractivity contribution < 1.29 is 4.74 Å². The van der Waals surface area contributed by atoms with E-state index in [1.165, 1.54) is 0 Å².